The van der Waals surface area contributed by atoms with Crippen LogP contribution in [0.25, 0.3) is 11.2 Å². The van der Waals surface area contributed by atoms with Crippen molar-refractivity contribution in [3.05, 3.63) is 18.9 Å². The van der Waals surface area contributed by atoms with Crippen LogP contribution in [0, 0.1) is 0 Å². The zero-order valence-electron chi connectivity index (χ0n) is 7.28. The molecule has 0 aromatic carbocycles. The molecule has 2 aromatic rings. The zero-order valence-corrected chi connectivity index (χ0v) is 7.28. The first kappa shape index (κ1) is 8.64. The zero-order chi connectivity index (χ0) is 8.81. The third kappa shape index (κ3) is 2.02. The molecule has 0 spiro atoms. The van der Waals surface area contributed by atoms with Crippen LogP contribution in [0.4, 0.5) is 0 Å². The van der Waals surface area contributed by atoms with Crippen LogP contribution in [-0.4, -0.2) is 19.9 Å². The Bertz CT molecular complexity index is 298. The summed E-state index contributed by atoms with van der Waals surface area (Å²) in [5.74, 6) is 0. The first-order valence-corrected chi connectivity index (χ1v) is 3.97. The van der Waals surface area contributed by atoms with Crippen LogP contribution in [-0.2, 0) is 0 Å². The van der Waals surface area contributed by atoms with Crippen LogP contribution in [0.5, 0.6) is 0 Å². The van der Waals surface area contributed by atoms with Gasteiger partial charge in [0, 0.05) is 0 Å². The highest BCUT2D eigenvalue weighted by atomic mass is 15.0. The van der Waals surface area contributed by atoms with Gasteiger partial charge in [0.1, 0.15) is 11.8 Å². The molecule has 1 N–H and O–H groups in total. The van der Waals surface area contributed by atoms with Crippen molar-refractivity contribution in [2.75, 3.05) is 0 Å². The fourth-order valence-electron chi connectivity index (χ4n) is 0.691. The van der Waals surface area contributed by atoms with Crippen LogP contribution in [0.1, 0.15) is 20.3 Å². The van der Waals surface area contributed by atoms with Crippen molar-refractivity contribution in [1.82, 2.24) is 19.9 Å². The second kappa shape index (κ2) is 4.43. The highest BCUT2D eigenvalue weighted by Crippen LogP contribution is 1.99. The van der Waals surface area contributed by atoms with E-state index in [1.165, 1.54) is 12.7 Å². The number of aromatic nitrogens is 4. The Morgan fingerprint density at radius 2 is 2.08 bits per heavy atom. The highest BCUT2D eigenvalue weighted by molar-refractivity contribution is 5.67. The summed E-state index contributed by atoms with van der Waals surface area (Å²) in [5.41, 5.74) is 1.59. The van der Waals surface area contributed by atoms with E-state index in [9.17, 15) is 0 Å². The number of aromatic amines is 1. The van der Waals surface area contributed by atoms with Crippen molar-refractivity contribution in [2.45, 2.75) is 20.3 Å². The van der Waals surface area contributed by atoms with Crippen molar-refractivity contribution in [3.8, 4) is 0 Å². The van der Waals surface area contributed by atoms with Crippen molar-refractivity contribution >= 4 is 11.2 Å². The molecule has 12 heavy (non-hydrogen) atoms. The summed E-state index contributed by atoms with van der Waals surface area (Å²) in [6.07, 6.45) is 6.01. The normalized spacial score (nSPS) is 9.17. The van der Waals surface area contributed by atoms with E-state index in [2.05, 4.69) is 33.8 Å². The van der Waals surface area contributed by atoms with Gasteiger partial charge in [-0.1, -0.05) is 20.3 Å². The van der Waals surface area contributed by atoms with Crippen molar-refractivity contribution < 1.29 is 0 Å². The van der Waals surface area contributed by atoms with E-state index in [0.29, 0.717) is 5.65 Å². The number of nitrogens with one attached hydrogen (secondary N) is 1. The highest BCUT2D eigenvalue weighted by Gasteiger charge is 1.91. The van der Waals surface area contributed by atoms with Gasteiger partial charge in [-0.3, -0.25) is 0 Å². The molecule has 2 heterocycles. The molecule has 0 atom stereocenters. The number of fused-ring (bicyclic) bond motifs is 1. The summed E-state index contributed by atoms with van der Waals surface area (Å²) in [5, 5.41) is 0. The molecule has 4 nitrogen and oxygen atoms in total. The quantitative estimate of drug-likeness (QED) is 0.645. The molecule has 0 aliphatic carbocycles. The van der Waals surface area contributed by atoms with Crippen LogP contribution < -0.4 is 0 Å². The van der Waals surface area contributed by atoms with Crippen molar-refractivity contribution in [1.29, 1.82) is 0 Å². The van der Waals surface area contributed by atoms with Crippen LogP contribution in [0.2, 0.25) is 0 Å². The largest absolute Gasteiger partial charge is 0.342 e. The van der Waals surface area contributed by atoms with Gasteiger partial charge >= 0.3 is 0 Å². The molecule has 0 aliphatic rings. The van der Waals surface area contributed by atoms with Gasteiger partial charge in [-0.2, -0.15) is 0 Å². The SMILES string of the molecule is CCC.c1ncc2[nH]cnc2n1. The maximum Gasteiger partial charge on any atom is 0.180 e. The van der Waals surface area contributed by atoms with E-state index in [4.69, 9.17) is 0 Å². The van der Waals surface area contributed by atoms with E-state index >= 15 is 0 Å². The minimum Gasteiger partial charge on any atom is -0.342 e. The van der Waals surface area contributed by atoms with Gasteiger partial charge in [-0.15, -0.1) is 0 Å². The fourth-order valence-corrected chi connectivity index (χ4v) is 0.691. The number of nitrogens with zero attached hydrogens (tertiary/aromatic N) is 3. The minimum absolute atomic E-state index is 0.713. The van der Waals surface area contributed by atoms with E-state index in [0.717, 1.165) is 5.52 Å². The first-order chi connectivity index (χ1) is 5.88. The smallest absolute Gasteiger partial charge is 0.180 e. The number of imidazole rings is 1. The molecule has 0 radical (unpaired) electrons. The maximum absolute atomic E-state index is 3.91. The standard InChI is InChI=1S/C5H4N4.C3H8/c1-4-5(8-2-6-1)9-3-7-4;1-3-2/h1-3H,(H,6,7,8,9);3H2,1-2H3. The Hall–Kier alpha value is -1.45. The summed E-state index contributed by atoms with van der Waals surface area (Å²) < 4.78 is 0. The topological polar surface area (TPSA) is 54.5 Å². The Balaban J connectivity index is 0.000000213. The summed E-state index contributed by atoms with van der Waals surface area (Å²) >= 11 is 0. The van der Waals surface area contributed by atoms with Crippen molar-refractivity contribution in [3.63, 3.8) is 0 Å². The van der Waals surface area contributed by atoms with Crippen LogP contribution in [0.3, 0.4) is 0 Å². The summed E-state index contributed by atoms with van der Waals surface area (Å²) in [7, 11) is 0. The first-order valence-electron chi connectivity index (χ1n) is 3.97. The molecule has 0 aliphatic heterocycles. The maximum atomic E-state index is 3.91. The summed E-state index contributed by atoms with van der Waals surface area (Å²) in [4.78, 5) is 14.5. The molecule has 0 amide bonds. The molecule has 0 saturated carbocycles. The Labute approximate surface area is 71.1 Å². The predicted octanol–water partition coefficient (Wildman–Crippen LogP) is 1.77. The van der Waals surface area contributed by atoms with Gasteiger partial charge in [0.25, 0.3) is 0 Å². The van der Waals surface area contributed by atoms with Gasteiger partial charge in [-0.05, 0) is 0 Å². The average molecular weight is 164 g/mol. The molecule has 0 bridgehead atoms. The number of rotatable bonds is 0. The monoisotopic (exact) mass is 164 g/mol. The lowest BCUT2D eigenvalue weighted by atomic mass is 10.6. The van der Waals surface area contributed by atoms with Gasteiger partial charge < -0.3 is 4.98 Å². The average Bonchev–Trinajstić information content (AvgIpc) is 2.52. The van der Waals surface area contributed by atoms with Crippen molar-refractivity contribution in [2.24, 2.45) is 0 Å². The third-order valence-electron chi connectivity index (χ3n) is 1.10. The van der Waals surface area contributed by atoms with Crippen LogP contribution in [0.15, 0.2) is 18.9 Å². The van der Waals surface area contributed by atoms with Gasteiger partial charge in [-0.25, -0.2) is 15.0 Å². The lowest BCUT2D eigenvalue weighted by Gasteiger charge is -1.80. The molecular formula is C8H12N4. The number of hydrogen-bond donors (Lipinski definition) is 1. The predicted molar refractivity (Wildman–Crippen MR) is 47.6 cm³/mol. The molecular weight excluding hydrogens is 152 g/mol. The van der Waals surface area contributed by atoms with Crippen LogP contribution >= 0.6 is 0 Å². The van der Waals surface area contributed by atoms with Gasteiger partial charge in [0.2, 0.25) is 0 Å². The molecule has 4 heteroatoms. The minimum atomic E-state index is 0.713. The second-order valence-corrected chi connectivity index (χ2v) is 2.37. The molecule has 0 fully saturated rings. The summed E-state index contributed by atoms with van der Waals surface area (Å²) in [6.45, 7) is 4.25. The number of hydrogen-bond acceptors (Lipinski definition) is 3. The molecule has 0 saturated heterocycles. The number of H-pyrrole nitrogens is 1. The fraction of sp³-hybridized carbons (Fsp3) is 0.375. The molecule has 2 aromatic heterocycles. The van der Waals surface area contributed by atoms with Gasteiger partial charge in [0.15, 0.2) is 5.65 Å². The second-order valence-electron chi connectivity index (χ2n) is 2.37. The lowest BCUT2D eigenvalue weighted by molar-refractivity contribution is 1.09. The Kier molecular flexibility index (Phi) is 3.19. The molecule has 64 valence electrons. The lowest BCUT2D eigenvalue weighted by Crippen LogP contribution is -1.76. The molecule has 2 rings (SSSR count). The van der Waals surface area contributed by atoms with E-state index in [-0.39, 0.29) is 0 Å². The molecule has 0 unspecified atom stereocenters. The van der Waals surface area contributed by atoms with E-state index in [1.807, 2.05) is 0 Å². The Morgan fingerprint density at radius 1 is 1.33 bits per heavy atom. The van der Waals surface area contributed by atoms with Gasteiger partial charge in [0.05, 0.1) is 12.5 Å². The van der Waals surface area contributed by atoms with E-state index in [1.54, 1.807) is 12.5 Å². The third-order valence-corrected chi connectivity index (χ3v) is 1.10. The van der Waals surface area contributed by atoms with E-state index < -0.39 is 0 Å². The summed E-state index contributed by atoms with van der Waals surface area (Å²) in [6, 6.07) is 0. The Morgan fingerprint density at radius 3 is 2.75 bits per heavy atom.